The lowest BCUT2D eigenvalue weighted by molar-refractivity contribution is -0.150. The Labute approximate surface area is 279 Å². The second kappa shape index (κ2) is 14.8. The van der Waals surface area contributed by atoms with Gasteiger partial charge in [-0.25, -0.2) is 13.2 Å². The minimum Gasteiger partial charge on any atom is -0.497 e. The molecule has 2 aliphatic rings. The van der Waals surface area contributed by atoms with E-state index in [9.17, 15) is 22.0 Å². The molecule has 0 radical (unpaired) electrons. The fourth-order valence-corrected chi connectivity index (χ4v) is 8.50. The van der Waals surface area contributed by atoms with E-state index in [1.165, 1.54) is 56.9 Å². The number of nitrogens with zero attached hydrogens (tertiary/aromatic N) is 2. The first kappa shape index (κ1) is 34.3. The number of methoxy groups -OCH3 is 2. The Bertz CT molecular complexity index is 1660. The quantitative estimate of drug-likeness (QED) is 0.174. The average molecular weight is 720 g/mol. The van der Waals surface area contributed by atoms with Gasteiger partial charge in [-0.3, -0.25) is 4.98 Å². The van der Waals surface area contributed by atoms with E-state index in [1.807, 2.05) is 0 Å². The molecule has 1 aliphatic carbocycles. The van der Waals surface area contributed by atoms with Crippen molar-refractivity contribution in [2.24, 2.45) is 5.92 Å². The number of hydrogen-bond acceptors (Lipinski definition) is 10. The molecule has 46 heavy (non-hydrogen) atoms. The number of esters is 1. The first-order valence-corrected chi connectivity index (χ1v) is 17.3. The third-order valence-corrected chi connectivity index (χ3v) is 11.2. The summed E-state index contributed by atoms with van der Waals surface area (Å²) in [5.74, 6) is -0.00155. The smallest absolute Gasteiger partial charge is 0.387 e. The van der Waals surface area contributed by atoms with Crippen molar-refractivity contribution in [3.05, 3.63) is 70.0 Å². The highest BCUT2D eigenvalue weighted by Crippen LogP contribution is 2.40. The van der Waals surface area contributed by atoms with Crippen molar-refractivity contribution in [2.75, 3.05) is 33.1 Å². The molecule has 1 aliphatic heterocycles. The second-order valence-electron chi connectivity index (χ2n) is 10.4. The molecule has 3 aromatic rings. The largest absolute Gasteiger partial charge is 0.497 e. The van der Waals surface area contributed by atoms with E-state index in [1.54, 1.807) is 6.07 Å². The molecular weight excluding hydrogens is 689 g/mol. The molecule has 1 saturated heterocycles. The van der Waals surface area contributed by atoms with Crippen LogP contribution in [0.3, 0.4) is 0 Å². The number of halogens is 4. The molecule has 0 N–H and O–H groups in total. The normalized spacial score (nSPS) is 17.5. The van der Waals surface area contributed by atoms with E-state index >= 15 is 0 Å². The Hall–Kier alpha value is -3.04. The number of carbonyl (C=O) groups is 1. The molecule has 248 valence electrons. The van der Waals surface area contributed by atoms with Crippen LogP contribution in [-0.2, 0) is 26.0 Å². The van der Waals surface area contributed by atoms with E-state index in [2.05, 4.69) is 9.72 Å². The summed E-state index contributed by atoms with van der Waals surface area (Å²) in [7, 11) is -1.52. The van der Waals surface area contributed by atoms with Crippen molar-refractivity contribution in [1.29, 1.82) is 0 Å². The average Bonchev–Trinajstić information content (AvgIpc) is 3.72. The van der Waals surface area contributed by atoms with Gasteiger partial charge in [0, 0.05) is 37.2 Å². The zero-order valence-corrected chi connectivity index (χ0v) is 27.8. The molecule has 2 atom stereocenters. The Kier molecular flexibility index (Phi) is 11.0. The number of carbonyl (C=O) groups excluding carboxylic acids is 1. The maximum atomic E-state index is 13.9. The van der Waals surface area contributed by atoms with E-state index < -0.39 is 34.1 Å². The molecule has 2 aromatic carbocycles. The molecule has 2 heterocycles. The summed E-state index contributed by atoms with van der Waals surface area (Å²) in [6.07, 6.45) is 3.55. The third kappa shape index (κ3) is 7.91. The second-order valence-corrected chi connectivity index (χ2v) is 14.3. The van der Waals surface area contributed by atoms with Crippen LogP contribution in [0.4, 0.5) is 8.78 Å². The van der Waals surface area contributed by atoms with E-state index in [0.29, 0.717) is 29.4 Å². The van der Waals surface area contributed by atoms with Gasteiger partial charge in [0.1, 0.15) is 22.5 Å². The van der Waals surface area contributed by atoms with Crippen LogP contribution < -0.4 is 18.9 Å². The number of pyridine rings is 1. The summed E-state index contributed by atoms with van der Waals surface area (Å²) in [4.78, 5) is 17.6. The summed E-state index contributed by atoms with van der Waals surface area (Å²) in [5.41, 5.74) is 0.769. The van der Waals surface area contributed by atoms with E-state index in [0.717, 1.165) is 28.9 Å². The molecule has 10 nitrogen and oxygen atoms in total. The highest BCUT2D eigenvalue weighted by Gasteiger charge is 2.43. The van der Waals surface area contributed by atoms with Crippen LogP contribution >= 0.6 is 35.0 Å². The molecule has 0 amide bonds. The van der Waals surface area contributed by atoms with Crippen LogP contribution in [0.2, 0.25) is 10.0 Å². The first-order valence-electron chi connectivity index (χ1n) is 14.1. The number of alkyl halides is 2. The van der Waals surface area contributed by atoms with Gasteiger partial charge in [0.15, 0.2) is 16.9 Å². The van der Waals surface area contributed by atoms with Gasteiger partial charge in [-0.1, -0.05) is 29.3 Å². The molecule has 2 fully saturated rings. The van der Waals surface area contributed by atoms with Crippen LogP contribution in [0.5, 0.6) is 23.0 Å². The van der Waals surface area contributed by atoms with Crippen molar-refractivity contribution in [3.63, 3.8) is 0 Å². The van der Waals surface area contributed by atoms with Crippen molar-refractivity contribution in [1.82, 2.24) is 9.29 Å². The fourth-order valence-electron chi connectivity index (χ4n) is 4.77. The Morgan fingerprint density at radius 2 is 1.76 bits per heavy atom. The number of benzene rings is 2. The number of ether oxygens (including phenoxy) is 5. The SMILES string of the molecule is COc1ccc(OC)c(S(=O)(=O)N2CCS[C@H]2C(=O)O[C@@H](Cc2c(Cl)cncc2Cl)c2ccc(OC(F)F)c(OCC3CC3)c2)c1. The van der Waals surface area contributed by atoms with Crippen molar-refractivity contribution < 1.29 is 45.7 Å². The van der Waals surface area contributed by atoms with Gasteiger partial charge in [-0.05, 0) is 54.2 Å². The molecule has 0 bridgehead atoms. The summed E-state index contributed by atoms with van der Waals surface area (Å²) in [5, 5.41) is -0.833. The Balaban J connectivity index is 1.48. The summed E-state index contributed by atoms with van der Waals surface area (Å²) in [6, 6.07) is 8.56. The molecule has 5 rings (SSSR count). The van der Waals surface area contributed by atoms with Crippen LogP contribution in [0.1, 0.15) is 30.1 Å². The van der Waals surface area contributed by atoms with Crippen LogP contribution in [0, 0.1) is 5.92 Å². The molecule has 1 saturated carbocycles. The zero-order chi connectivity index (χ0) is 33.0. The first-order chi connectivity index (χ1) is 22.0. The van der Waals surface area contributed by atoms with E-state index in [-0.39, 0.29) is 50.9 Å². The Morgan fingerprint density at radius 3 is 2.41 bits per heavy atom. The van der Waals surface area contributed by atoms with Gasteiger partial charge in [0.2, 0.25) is 10.0 Å². The van der Waals surface area contributed by atoms with Crippen molar-refractivity contribution in [2.45, 2.75) is 42.2 Å². The number of sulfonamides is 1. The van der Waals surface area contributed by atoms with Crippen LogP contribution in [0.25, 0.3) is 0 Å². The Morgan fingerprint density at radius 1 is 1.04 bits per heavy atom. The number of aromatic nitrogens is 1. The van der Waals surface area contributed by atoms with Gasteiger partial charge in [-0.2, -0.15) is 13.1 Å². The number of hydrogen-bond donors (Lipinski definition) is 0. The fraction of sp³-hybridized carbons (Fsp3) is 0.400. The van der Waals surface area contributed by atoms with Gasteiger partial charge in [0.05, 0.1) is 30.9 Å². The summed E-state index contributed by atoms with van der Waals surface area (Å²) < 4.78 is 82.2. The van der Waals surface area contributed by atoms with Gasteiger partial charge in [-0.15, -0.1) is 11.8 Å². The lowest BCUT2D eigenvalue weighted by Gasteiger charge is -2.26. The predicted molar refractivity (Wildman–Crippen MR) is 168 cm³/mol. The molecule has 1 aromatic heterocycles. The molecule has 0 spiro atoms. The minimum absolute atomic E-state index is 0.0264. The van der Waals surface area contributed by atoms with Crippen molar-refractivity contribution >= 4 is 51.0 Å². The monoisotopic (exact) mass is 718 g/mol. The lowest BCUT2D eigenvalue weighted by Crippen LogP contribution is -2.40. The zero-order valence-electron chi connectivity index (χ0n) is 24.7. The minimum atomic E-state index is -4.27. The highest BCUT2D eigenvalue weighted by atomic mass is 35.5. The van der Waals surface area contributed by atoms with Gasteiger partial charge >= 0.3 is 12.6 Å². The topological polar surface area (TPSA) is 113 Å². The highest BCUT2D eigenvalue weighted by molar-refractivity contribution is 8.02. The summed E-state index contributed by atoms with van der Waals surface area (Å²) >= 11 is 13.9. The lowest BCUT2D eigenvalue weighted by atomic mass is 10.0. The molecular formula is C30H30Cl2F2N2O8S2. The van der Waals surface area contributed by atoms with Crippen molar-refractivity contribution in [3.8, 4) is 23.0 Å². The van der Waals surface area contributed by atoms with Gasteiger partial charge < -0.3 is 23.7 Å². The third-order valence-electron chi connectivity index (χ3n) is 7.34. The van der Waals surface area contributed by atoms with Crippen LogP contribution in [-0.4, -0.2) is 68.8 Å². The standard InChI is InChI=1S/C30H30Cl2F2N2O8S2/c1-40-19-6-8-24(41-2)27(12-19)46(38,39)36-9-10-45-28(36)29(37)43-25(13-20-21(31)14-35-15-22(20)32)18-5-7-23(44-30(33)34)26(11-18)42-16-17-3-4-17/h5-8,11-12,14-15,17,25,28,30H,3-4,9-10,13,16H2,1-2H3/t25-,28-/m0/s1. The maximum absolute atomic E-state index is 13.9. The molecule has 16 heteroatoms. The molecule has 0 unspecified atom stereocenters. The van der Waals surface area contributed by atoms with Crippen LogP contribution in [0.15, 0.2) is 53.7 Å². The predicted octanol–water partition coefficient (Wildman–Crippen LogP) is 6.39. The van der Waals surface area contributed by atoms with Gasteiger partial charge in [0.25, 0.3) is 0 Å². The van der Waals surface area contributed by atoms with E-state index in [4.69, 9.17) is 42.1 Å². The summed E-state index contributed by atoms with van der Waals surface area (Å²) in [6.45, 7) is -2.76. The number of thioether (sulfide) groups is 1. The maximum Gasteiger partial charge on any atom is 0.387 e. The number of rotatable bonds is 14.